The van der Waals surface area contributed by atoms with Crippen molar-refractivity contribution in [3.05, 3.63) is 0 Å². The van der Waals surface area contributed by atoms with Crippen LogP contribution in [-0.4, -0.2) is 30.1 Å². The van der Waals surface area contributed by atoms with Gasteiger partial charge in [0.2, 0.25) is 0 Å². The van der Waals surface area contributed by atoms with Gasteiger partial charge < -0.3 is 9.84 Å². The molecule has 0 fully saturated rings. The summed E-state index contributed by atoms with van der Waals surface area (Å²) in [5.74, 6) is 0. The Morgan fingerprint density at radius 2 is 1.93 bits per heavy atom. The summed E-state index contributed by atoms with van der Waals surface area (Å²) in [6.07, 6.45) is -5.45. The maximum Gasteiger partial charge on any atom is 0.389 e. The van der Waals surface area contributed by atoms with Gasteiger partial charge in [0.15, 0.2) is 0 Å². The summed E-state index contributed by atoms with van der Waals surface area (Å²) in [6, 6.07) is 0. The van der Waals surface area contributed by atoms with Crippen LogP contribution in [0.5, 0.6) is 0 Å². The molecule has 0 aromatic rings. The van der Waals surface area contributed by atoms with E-state index < -0.39 is 24.8 Å². The van der Waals surface area contributed by atoms with Crippen LogP contribution in [0.1, 0.15) is 33.1 Å². The molecule has 5 heteroatoms. The maximum atomic E-state index is 11.7. The van der Waals surface area contributed by atoms with Crippen molar-refractivity contribution in [2.45, 2.75) is 51.5 Å². The molecule has 0 aliphatic heterocycles. The fourth-order valence-electron chi connectivity index (χ4n) is 0.985. The van der Waals surface area contributed by atoms with Gasteiger partial charge in [-0.15, -0.1) is 0 Å². The monoisotopic (exact) mass is 214 g/mol. The van der Waals surface area contributed by atoms with E-state index in [4.69, 9.17) is 4.74 Å². The predicted octanol–water partition coefficient (Wildman–Crippen LogP) is 2.50. The van der Waals surface area contributed by atoms with Crippen LogP contribution in [0.25, 0.3) is 0 Å². The van der Waals surface area contributed by atoms with E-state index in [0.717, 1.165) is 0 Å². The minimum absolute atomic E-state index is 0.0394. The Morgan fingerprint density at radius 3 is 2.36 bits per heavy atom. The average Bonchev–Trinajstić information content (AvgIpc) is 2.09. The zero-order chi connectivity index (χ0) is 11.2. The van der Waals surface area contributed by atoms with Gasteiger partial charge in [-0.05, 0) is 19.8 Å². The molecule has 0 aliphatic rings. The number of rotatable bonds is 6. The van der Waals surface area contributed by atoms with Crippen LogP contribution in [0.3, 0.4) is 0 Å². The van der Waals surface area contributed by atoms with E-state index >= 15 is 0 Å². The number of alkyl halides is 3. The van der Waals surface area contributed by atoms with Crippen molar-refractivity contribution in [2.24, 2.45) is 0 Å². The first kappa shape index (κ1) is 13.7. The first-order chi connectivity index (χ1) is 6.37. The van der Waals surface area contributed by atoms with Crippen molar-refractivity contribution >= 4 is 0 Å². The zero-order valence-corrected chi connectivity index (χ0v) is 8.47. The molecule has 0 heterocycles. The first-order valence-corrected chi connectivity index (χ1v) is 4.73. The summed E-state index contributed by atoms with van der Waals surface area (Å²) in [4.78, 5) is 0. The van der Waals surface area contributed by atoms with Gasteiger partial charge in [-0.2, -0.15) is 13.2 Å². The third kappa shape index (κ3) is 7.15. The van der Waals surface area contributed by atoms with Crippen LogP contribution in [-0.2, 0) is 4.74 Å². The van der Waals surface area contributed by atoms with Gasteiger partial charge in [-0.1, -0.05) is 6.92 Å². The SMILES string of the molecule is CCC(O)C(C)OCCCC(F)(F)F. The Morgan fingerprint density at radius 1 is 1.36 bits per heavy atom. The molecule has 0 saturated heterocycles. The molecule has 0 saturated carbocycles. The van der Waals surface area contributed by atoms with Crippen LogP contribution in [0.15, 0.2) is 0 Å². The molecule has 2 unspecified atom stereocenters. The summed E-state index contributed by atoms with van der Waals surface area (Å²) in [5.41, 5.74) is 0. The molecule has 0 aromatic heterocycles. The van der Waals surface area contributed by atoms with E-state index in [1.54, 1.807) is 13.8 Å². The summed E-state index contributed by atoms with van der Waals surface area (Å²) in [5, 5.41) is 9.24. The number of aliphatic hydroxyl groups is 1. The van der Waals surface area contributed by atoms with Crippen molar-refractivity contribution in [3.8, 4) is 0 Å². The van der Waals surface area contributed by atoms with Gasteiger partial charge in [-0.3, -0.25) is 0 Å². The second-order valence-corrected chi connectivity index (χ2v) is 3.27. The van der Waals surface area contributed by atoms with Crippen molar-refractivity contribution in [2.75, 3.05) is 6.61 Å². The highest BCUT2D eigenvalue weighted by Crippen LogP contribution is 2.21. The number of halogens is 3. The van der Waals surface area contributed by atoms with Gasteiger partial charge >= 0.3 is 6.18 Å². The molecule has 0 radical (unpaired) electrons. The molecule has 14 heavy (non-hydrogen) atoms. The number of aliphatic hydroxyl groups excluding tert-OH is 1. The van der Waals surface area contributed by atoms with Gasteiger partial charge in [0, 0.05) is 13.0 Å². The molecule has 1 N–H and O–H groups in total. The minimum atomic E-state index is -4.12. The third-order valence-electron chi connectivity index (χ3n) is 1.95. The second-order valence-electron chi connectivity index (χ2n) is 3.27. The van der Waals surface area contributed by atoms with Crippen LogP contribution in [0.2, 0.25) is 0 Å². The Bertz CT molecular complexity index is 147. The molecule has 2 nitrogen and oxygen atoms in total. The van der Waals surface area contributed by atoms with E-state index in [2.05, 4.69) is 0 Å². The molecular formula is C9H17F3O2. The highest BCUT2D eigenvalue weighted by atomic mass is 19.4. The van der Waals surface area contributed by atoms with E-state index in [-0.39, 0.29) is 13.0 Å². The first-order valence-electron chi connectivity index (χ1n) is 4.73. The molecular weight excluding hydrogens is 197 g/mol. The van der Waals surface area contributed by atoms with E-state index in [1.165, 1.54) is 0 Å². The molecule has 0 bridgehead atoms. The Kier molecular flexibility index (Phi) is 6.11. The topological polar surface area (TPSA) is 29.5 Å². The van der Waals surface area contributed by atoms with Crippen molar-refractivity contribution in [1.82, 2.24) is 0 Å². The normalized spacial score (nSPS) is 16.7. The molecule has 86 valence electrons. The predicted molar refractivity (Wildman–Crippen MR) is 47.0 cm³/mol. The van der Waals surface area contributed by atoms with Crippen LogP contribution in [0.4, 0.5) is 13.2 Å². The fraction of sp³-hybridized carbons (Fsp3) is 1.00. The number of hydrogen-bond donors (Lipinski definition) is 1. The lowest BCUT2D eigenvalue weighted by Gasteiger charge is -2.18. The van der Waals surface area contributed by atoms with E-state index in [1.807, 2.05) is 0 Å². The lowest BCUT2D eigenvalue weighted by molar-refractivity contribution is -0.140. The molecule has 0 amide bonds. The maximum absolute atomic E-state index is 11.7. The quantitative estimate of drug-likeness (QED) is 0.688. The summed E-state index contributed by atoms with van der Waals surface area (Å²) in [7, 11) is 0. The standard InChI is InChI=1S/C9H17F3O2/c1-3-8(13)7(2)14-6-4-5-9(10,11)12/h7-8,13H,3-6H2,1-2H3. The van der Waals surface area contributed by atoms with Crippen LogP contribution >= 0.6 is 0 Å². The molecule has 0 rings (SSSR count). The van der Waals surface area contributed by atoms with Gasteiger partial charge in [-0.25, -0.2) is 0 Å². The van der Waals surface area contributed by atoms with Gasteiger partial charge in [0.25, 0.3) is 0 Å². The number of hydrogen-bond acceptors (Lipinski definition) is 2. The highest BCUT2D eigenvalue weighted by Gasteiger charge is 2.26. The molecule has 2 atom stereocenters. The third-order valence-corrected chi connectivity index (χ3v) is 1.95. The van der Waals surface area contributed by atoms with Crippen LogP contribution in [0, 0.1) is 0 Å². The van der Waals surface area contributed by atoms with E-state index in [9.17, 15) is 18.3 Å². The largest absolute Gasteiger partial charge is 0.390 e. The van der Waals surface area contributed by atoms with E-state index in [0.29, 0.717) is 6.42 Å². The van der Waals surface area contributed by atoms with Gasteiger partial charge in [0.05, 0.1) is 12.2 Å². The lowest BCUT2D eigenvalue weighted by atomic mass is 10.2. The summed E-state index contributed by atoms with van der Waals surface area (Å²) in [6.45, 7) is 3.49. The van der Waals surface area contributed by atoms with Crippen LogP contribution < -0.4 is 0 Å². The number of ether oxygens (including phenoxy) is 1. The summed E-state index contributed by atoms with van der Waals surface area (Å²) < 4.78 is 40.1. The Labute approximate surface area is 82.1 Å². The summed E-state index contributed by atoms with van der Waals surface area (Å²) >= 11 is 0. The minimum Gasteiger partial charge on any atom is -0.390 e. The second kappa shape index (κ2) is 6.24. The Hall–Kier alpha value is -0.290. The smallest absolute Gasteiger partial charge is 0.389 e. The fourth-order valence-corrected chi connectivity index (χ4v) is 0.985. The van der Waals surface area contributed by atoms with Crippen molar-refractivity contribution in [1.29, 1.82) is 0 Å². The van der Waals surface area contributed by atoms with Crippen molar-refractivity contribution in [3.63, 3.8) is 0 Å². The lowest BCUT2D eigenvalue weighted by Crippen LogP contribution is -2.25. The molecule has 0 aromatic carbocycles. The van der Waals surface area contributed by atoms with Crippen molar-refractivity contribution < 1.29 is 23.0 Å². The highest BCUT2D eigenvalue weighted by molar-refractivity contribution is 4.61. The molecule has 0 spiro atoms. The van der Waals surface area contributed by atoms with Gasteiger partial charge in [0.1, 0.15) is 0 Å². The average molecular weight is 214 g/mol. The molecule has 0 aliphatic carbocycles. The Balaban J connectivity index is 3.45. The zero-order valence-electron chi connectivity index (χ0n) is 8.47.